The van der Waals surface area contributed by atoms with Gasteiger partial charge in [-0.2, -0.15) is 26.2 Å². The fourth-order valence-electron chi connectivity index (χ4n) is 12.9. The molecular formula is C76H92N10O8Zn3. The van der Waals surface area contributed by atoms with Crippen LogP contribution in [0.25, 0.3) is 99.4 Å². The Hall–Kier alpha value is -7.13. The van der Waals surface area contributed by atoms with Crippen LogP contribution >= 0.6 is 0 Å². The van der Waals surface area contributed by atoms with Gasteiger partial charge in [-0.05, 0) is 270 Å². The third-order valence-electron chi connectivity index (χ3n) is 18.2. The molecule has 0 aliphatic carbocycles. The Morgan fingerprint density at radius 3 is 0.773 bits per heavy atom. The van der Waals surface area contributed by atoms with Gasteiger partial charge in [0.15, 0.2) is 0 Å². The number of nitrogens with one attached hydrogen (secondary N) is 4. The summed E-state index contributed by atoms with van der Waals surface area (Å²) in [5.74, 6) is -4.48. The average molecular weight is 1470 g/mol. The third kappa shape index (κ3) is 19.6. The molecule has 0 saturated carbocycles. The van der Waals surface area contributed by atoms with Gasteiger partial charge >= 0.3 is 58.4 Å². The molecule has 0 saturated heterocycles. The molecule has 4 aliphatic rings. The number of carbonyl (C=O) groups is 4. The van der Waals surface area contributed by atoms with Crippen LogP contribution < -0.4 is 20.4 Å². The fourth-order valence-corrected chi connectivity index (χ4v) is 12.9. The smallest absolute Gasteiger partial charge is 0.663 e. The van der Waals surface area contributed by atoms with E-state index in [1.807, 2.05) is 91.8 Å². The fraction of sp³-hybridized carbons (Fsp3) is 0.421. The average Bonchev–Trinajstić information content (AvgIpc) is 1.63. The molecule has 0 aromatic carbocycles. The minimum absolute atomic E-state index is 0. The first kappa shape index (κ1) is 82.3. The van der Waals surface area contributed by atoms with E-state index in [9.17, 15) is 39.6 Å². The molecule has 10 heterocycles. The van der Waals surface area contributed by atoms with Crippen molar-refractivity contribution in [3.8, 4) is 0 Å². The SMILES string of the molecule is CCC1=C(C)c2cc3[nH]c(cc4nc(cc5[nH]c(cc1n2)c(C)c5CCC(=O)[O-])C(CCC(=O)[O-])=C4C)c(C)c3CC.CCC1=C(C)c2cc3[nH]c(cc4nc(cc5[nH]c(cc1n2)c(C)c5CCC(=O)[O-])C(CCC(=O)[O-])=C4C)c(C)c3CC.CC[N-]CC.CC[N-]CC.[Zn+2].[Zn+2].[Zn+2]. The number of H-pyrrole nitrogens is 4. The number of hydrogen-bond donors (Lipinski definition) is 4. The number of aromatic nitrogens is 8. The molecule has 0 fully saturated rings. The van der Waals surface area contributed by atoms with Crippen LogP contribution in [0.5, 0.6) is 0 Å². The van der Waals surface area contributed by atoms with Crippen molar-refractivity contribution in [2.75, 3.05) is 26.2 Å². The predicted molar refractivity (Wildman–Crippen MR) is 374 cm³/mol. The van der Waals surface area contributed by atoms with Gasteiger partial charge in [0.05, 0.1) is 45.6 Å². The maximum absolute atomic E-state index is 11.4. The van der Waals surface area contributed by atoms with E-state index in [4.69, 9.17) is 19.9 Å². The number of fused-ring (bicyclic) bond motifs is 16. The number of aryl methyl sites for hydroxylation is 8. The molecule has 4 N–H and O–H groups in total. The van der Waals surface area contributed by atoms with Crippen LogP contribution in [0.15, 0.2) is 48.5 Å². The van der Waals surface area contributed by atoms with Crippen LogP contribution in [0.3, 0.4) is 0 Å². The largest absolute Gasteiger partial charge is 2.00 e. The number of carboxylic acid groups (broad SMARTS) is 4. The van der Waals surface area contributed by atoms with Gasteiger partial charge in [-0.15, -0.1) is 0 Å². The van der Waals surface area contributed by atoms with Crippen molar-refractivity contribution in [2.45, 2.75) is 188 Å². The summed E-state index contributed by atoms with van der Waals surface area (Å²) in [5.41, 5.74) is 29.8. The number of carbonyl (C=O) groups excluding carboxylic acids is 4. The standard InChI is InChI=1S/2C34H38N4O4.2C4H10N.3Zn/c2*1-7-21-17(3)25-13-26-19(5)23(9-11-33(39)40)31(37-26)16-32-24(10-12-34(41)42)20(6)28(38-32)15-30-22(8-2)18(4)27(36-30)14-29(21)35-25;2*1-3-5-4-2;;;/h2*13-16,35,38H,7-12H2,1-6H3,(H,39,40)(H,41,42);2*3-4H2,1-2H3;;;/q;;2*-1;3*+2/p-4. The third-order valence-corrected chi connectivity index (χ3v) is 18.2. The Kier molecular flexibility index (Phi) is 32.0. The van der Waals surface area contributed by atoms with Crippen molar-refractivity contribution in [3.63, 3.8) is 0 Å². The first-order valence-corrected chi connectivity index (χ1v) is 33.2. The Morgan fingerprint density at radius 1 is 0.309 bits per heavy atom. The number of rotatable bonds is 20. The van der Waals surface area contributed by atoms with E-state index in [1.54, 1.807) is 0 Å². The summed E-state index contributed by atoms with van der Waals surface area (Å²) in [4.78, 5) is 80.0. The molecule has 0 spiro atoms. The summed E-state index contributed by atoms with van der Waals surface area (Å²) < 4.78 is 0. The number of carboxylic acids is 4. The van der Waals surface area contributed by atoms with Crippen LogP contribution in [0.4, 0.5) is 0 Å². The second-order valence-corrected chi connectivity index (χ2v) is 23.9. The van der Waals surface area contributed by atoms with Gasteiger partial charge in [0, 0.05) is 68.0 Å². The molecule has 0 amide bonds. The quantitative estimate of drug-likeness (QED) is 0.0519. The zero-order valence-electron chi connectivity index (χ0n) is 60.0. The molecule has 10 rings (SSSR count). The number of nitrogens with zero attached hydrogens (tertiary/aromatic N) is 6. The van der Waals surface area contributed by atoms with Gasteiger partial charge in [-0.1, -0.05) is 55.4 Å². The molecule has 16 bridgehead atoms. The van der Waals surface area contributed by atoms with E-state index in [1.165, 1.54) is 11.1 Å². The van der Waals surface area contributed by atoms with E-state index >= 15 is 0 Å². The minimum Gasteiger partial charge on any atom is -0.663 e. The van der Waals surface area contributed by atoms with Gasteiger partial charge in [-0.3, -0.25) is 0 Å². The summed E-state index contributed by atoms with van der Waals surface area (Å²) >= 11 is 0. The molecule has 4 aliphatic heterocycles. The van der Waals surface area contributed by atoms with Gasteiger partial charge in [-0.25, -0.2) is 19.9 Å². The summed E-state index contributed by atoms with van der Waals surface area (Å²) in [6.07, 6.45) is 3.96. The summed E-state index contributed by atoms with van der Waals surface area (Å²) in [5, 5.41) is 53.6. The molecule has 0 radical (unpaired) electrons. The molecule has 18 nitrogen and oxygen atoms in total. The Morgan fingerprint density at radius 2 is 0.526 bits per heavy atom. The topological polar surface area (TPSA) is 303 Å². The van der Waals surface area contributed by atoms with Crippen molar-refractivity contribution in [1.82, 2.24) is 39.9 Å². The van der Waals surface area contributed by atoms with E-state index < -0.39 is 23.9 Å². The molecule has 97 heavy (non-hydrogen) atoms. The summed E-state index contributed by atoms with van der Waals surface area (Å²) in [6, 6.07) is 16.2. The molecule has 6 aromatic rings. The molecule has 6 aromatic heterocycles. The van der Waals surface area contributed by atoms with Gasteiger partial charge < -0.3 is 70.2 Å². The van der Waals surface area contributed by atoms with Crippen molar-refractivity contribution in [1.29, 1.82) is 0 Å². The maximum atomic E-state index is 11.4. The number of hydrogen-bond acceptors (Lipinski definition) is 12. The Labute approximate surface area is 609 Å². The van der Waals surface area contributed by atoms with Crippen LogP contribution in [0.1, 0.15) is 225 Å². The molecule has 21 heteroatoms. The maximum Gasteiger partial charge on any atom is 2.00 e. The molecule has 500 valence electrons. The van der Waals surface area contributed by atoms with E-state index in [0.29, 0.717) is 11.4 Å². The van der Waals surface area contributed by atoms with Crippen molar-refractivity contribution >= 4 is 113 Å². The zero-order valence-corrected chi connectivity index (χ0v) is 68.9. The van der Waals surface area contributed by atoms with Gasteiger partial charge in [0.2, 0.25) is 0 Å². The van der Waals surface area contributed by atoms with Crippen molar-refractivity contribution in [3.05, 3.63) is 149 Å². The normalized spacial score (nSPS) is 12.4. The van der Waals surface area contributed by atoms with Gasteiger partial charge in [0.25, 0.3) is 0 Å². The number of aromatic amines is 4. The number of aliphatic carboxylic acids is 4. The van der Waals surface area contributed by atoms with Crippen LogP contribution in [-0.4, -0.2) is 89.9 Å². The van der Waals surface area contributed by atoms with Crippen LogP contribution in [0.2, 0.25) is 0 Å². The second-order valence-electron chi connectivity index (χ2n) is 23.9. The zero-order chi connectivity index (χ0) is 68.8. The molecule has 0 unspecified atom stereocenters. The first-order valence-electron chi connectivity index (χ1n) is 33.2. The van der Waals surface area contributed by atoms with E-state index in [-0.39, 0.29) is 110 Å². The number of allylic oxidation sites excluding steroid dienone is 8. The van der Waals surface area contributed by atoms with E-state index in [0.717, 1.165) is 208 Å². The summed E-state index contributed by atoms with van der Waals surface area (Å²) in [6.45, 7) is 36.9. The Bertz CT molecular complexity index is 4110. The van der Waals surface area contributed by atoms with Crippen LogP contribution in [-0.2, 0) is 103 Å². The van der Waals surface area contributed by atoms with Crippen molar-refractivity contribution < 1.29 is 98.0 Å². The first-order chi connectivity index (χ1) is 44.9. The molecular weight excluding hydrogens is 1380 g/mol. The second kappa shape index (κ2) is 37.7. The molecule has 0 atom stereocenters. The van der Waals surface area contributed by atoms with Gasteiger partial charge in [0.1, 0.15) is 0 Å². The predicted octanol–water partition coefficient (Wildman–Crippen LogP) is 12.7. The van der Waals surface area contributed by atoms with E-state index in [2.05, 4.69) is 98.1 Å². The monoisotopic (exact) mass is 1460 g/mol. The van der Waals surface area contributed by atoms with Crippen molar-refractivity contribution in [2.24, 2.45) is 0 Å². The minimum atomic E-state index is -1.12. The summed E-state index contributed by atoms with van der Waals surface area (Å²) in [7, 11) is 0. The van der Waals surface area contributed by atoms with Crippen LogP contribution in [0, 0.1) is 27.7 Å². The Balaban J connectivity index is 0.000000352.